The maximum absolute atomic E-state index is 15.2. The summed E-state index contributed by atoms with van der Waals surface area (Å²) >= 11 is 0. The monoisotopic (exact) mass is 496 g/mol. The molecule has 0 fully saturated rings. The van der Waals surface area contributed by atoms with E-state index in [1.807, 2.05) is 71.6 Å². The molecule has 0 radical (unpaired) electrons. The van der Waals surface area contributed by atoms with E-state index in [2.05, 4.69) is 47.8 Å². The predicted octanol–water partition coefficient (Wildman–Crippen LogP) is 10.1. The fourth-order valence-corrected chi connectivity index (χ4v) is 5.41. The number of anilines is 5. The molecule has 0 saturated heterocycles. The van der Waals surface area contributed by atoms with Crippen molar-refractivity contribution >= 4 is 60.8 Å². The van der Waals surface area contributed by atoms with Gasteiger partial charge in [0.05, 0.1) is 11.4 Å². The topological polar surface area (TPSA) is 15.3 Å². The third kappa shape index (κ3) is 3.61. The highest BCUT2D eigenvalue weighted by Crippen LogP contribution is 2.45. The van der Waals surface area contributed by atoms with Crippen molar-refractivity contribution in [2.24, 2.45) is 0 Å². The van der Waals surface area contributed by atoms with E-state index in [-0.39, 0.29) is 0 Å². The number of hydrogen-bond donors (Lipinski definition) is 1. The van der Waals surface area contributed by atoms with Crippen molar-refractivity contribution in [2.45, 2.75) is 0 Å². The molecule has 0 heterocycles. The lowest BCUT2D eigenvalue weighted by Gasteiger charge is -2.28. The average Bonchev–Trinajstić information content (AvgIpc) is 2.95. The van der Waals surface area contributed by atoms with Crippen LogP contribution in [0.2, 0.25) is 0 Å². The molecule has 7 aromatic rings. The van der Waals surface area contributed by atoms with Crippen LogP contribution in [0.3, 0.4) is 0 Å². The Morgan fingerprint density at radius 3 is 1.87 bits per heavy atom. The maximum atomic E-state index is 15.2. The lowest BCUT2D eigenvalue weighted by Crippen LogP contribution is -2.12. The first kappa shape index (κ1) is 22.3. The van der Waals surface area contributed by atoms with Gasteiger partial charge in [0.25, 0.3) is 0 Å². The molecule has 0 bridgehead atoms. The van der Waals surface area contributed by atoms with E-state index >= 15 is 4.39 Å². The average molecular weight is 497 g/mol. The van der Waals surface area contributed by atoms with Crippen LogP contribution >= 0.6 is 0 Å². The minimum absolute atomic E-state index is 0.291. The molecule has 2 nitrogen and oxygen atoms in total. The molecule has 0 aromatic heterocycles. The van der Waals surface area contributed by atoms with Gasteiger partial charge in [0.2, 0.25) is 0 Å². The molecule has 7 aromatic carbocycles. The number of rotatable bonds is 5. The van der Waals surface area contributed by atoms with Crippen molar-refractivity contribution in [3.8, 4) is 0 Å². The SMILES string of the molecule is Fc1ccc(N(c2ccccc2)c2ccc3ccc4c(Nc5ccccc5)ccc5ccc2c3c54)c(F)c1. The van der Waals surface area contributed by atoms with Crippen LogP contribution in [-0.2, 0) is 0 Å². The largest absolute Gasteiger partial charge is 0.355 e. The first-order chi connectivity index (χ1) is 18.7. The van der Waals surface area contributed by atoms with Crippen LogP contribution in [0.5, 0.6) is 0 Å². The van der Waals surface area contributed by atoms with E-state index in [9.17, 15) is 4.39 Å². The number of nitrogens with zero attached hydrogens (tertiary/aromatic N) is 1. The summed E-state index contributed by atoms with van der Waals surface area (Å²) in [7, 11) is 0. The van der Waals surface area contributed by atoms with Crippen LogP contribution in [-0.4, -0.2) is 0 Å². The summed E-state index contributed by atoms with van der Waals surface area (Å²) in [5.74, 6) is -1.22. The number of hydrogen-bond acceptors (Lipinski definition) is 2. The van der Waals surface area contributed by atoms with Gasteiger partial charge in [-0.2, -0.15) is 0 Å². The third-order valence-electron chi connectivity index (χ3n) is 7.10. The van der Waals surface area contributed by atoms with E-state index in [0.29, 0.717) is 5.69 Å². The molecule has 182 valence electrons. The van der Waals surface area contributed by atoms with Gasteiger partial charge in [-0.15, -0.1) is 0 Å². The quantitative estimate of drug-likeness (QED) is 0.239. The highest BCUT2D eigenvalue weighted by Gasteiger charge is 2.21. The molecule has 4 heteroatoms. The molecule has 1 N–H and O–H groups in total. The summed E-state index contributed by atoms with van der Waals surface area (Å²) in [6.07, 6.45) is 0. The van der Waals surface area contributed by atoms with Gasteiger partial charge >= 0.3 is 0 Å². The zero-order valence-corrected chi connectivity index (χ0v) is 20.3. The fourth-order valence-electron chi connectivity index (χ4n) is 5.41. The number of nitrogens with one attached hydrogen (secondary N) is 1. The molecule has 0 aliphatic carbocycles. The normalized spacial score (nSPS) is 11.4. The Morgan fingerprint density at radius 1 is 0.526 bits per heavy atom. The first-order valence-corrected chi connectivity index (χ1v) is 12.5. The molecule has 0 amide bonds. The van der Waals surface area contributed by atoms with Crippen molar-refractivity contribution < 1.29 is 8.78 Å². The van der Waals surface area contributed by atoms with Gasteiger partial charge in [0.1, 0.15) is 11.6 Å². The van der Waals surface area contributed by atoms with Gasteiger partial charge in [0.15, 0.2) is 0 Å². The second-order valence-corrected chi connectivity index (χ2v) is 9.38. The molecule has 38 heavy (non-hydrogen) atoms. The molecule has 7 rings (SSSR count). The summed E-state index contributed by atoms with van der Waals surface area (Å²) in [6, 6.07) is 40.3. The van der Waals surface area contributed by atoms with Gasteiger partial charge in [0, 0.05) is 33.9 Å². The lowest BCUT2D eigenvalue weighted by molar-refractivity contribution is 0.584. The van der Waals surface area contributed by atoms with Gasteiger partial charge in [-0.1, -0.05) is 72.8 Å². The Morgan fingerprint density at radius 2 is 1.13 bits per heavy atom. The zero-order chi connectivity index (χ0) is 25.6. The summed E-state index contributed by atoms with van der Waals surface area (Å²) in [5.41, 5.74) is 3.95. The highest BCUT2D eigenvalue weighted by atomic mass is 19.1. The standard InChI is InChI=1S/C34H22F2N2/c35-24-15-20-32(29(36)21-24)38(26-9-5-2-6-10-26)31-19-14-23-11-16-27-30(37-25-7-3-1-4-8-25)18-13-22-12-17-28(31)34(23)33(22)27/h1-21,37H. The minimum atomic E-state index is -0.617. The van der Waals surface area contributed by atoms with Crippen molar-refractivity contribution in [1.29, 1.82) is 0 Å². The van der Waals surface area contributed by atoms with E-state index in [0.717, 1.165) is 61.1 Å². The minimum Gasteiger partial charge on any atom is -0.355 e. The van der Waals surface area contributed by atoms with E-state index in [1.54, 1.807) is 0 Å². The molecular weight excluding hydrogens is 474 g/mol. The van der Waals surface area contributed by atoms with Gasteiger partial charge < -0.3 is 10.2 Å². The van der Waals surface area contributed by atoms with Crippen molar-refractivity contribution in [1.82, 2.24) is 0 Å². The summed E-state index contributed by atoms with van der Waals surface area (Å²) in [4.78, 5) is 1.86. The molecule has 0 aliphatic rings. The summed E-state index contributed by atoms with van der Waals surface area (Å²) < 4.78 is 29.1. The van der Waals surface area contributed by atoms with Crippen LogP contribution < -0.4 is 10.2 Å². The number of halogens is 2. The second kappa shape index (κ2) is 8.86. The Bertz CT molecular complexity index is 1920. The van der Waals surface area contributed by atoms with Gasteiger partial charge in [-0.3, -0.25) is 0 Å². The van der Waals surface area contributed by atoms with Crippen molar-refractivity contribution in [2.75, 3.05) is 10.2 Å². The zero-order valence-electron chi connectivity index (χ0n) is 20.3. The molecule has 0 aliphatic heterocycles. The fraction of sp³-hybridized carbons (Fsp3) is 0. The van der Waals surface area contributed by atoms with Crippen LogP contribution in [0.1, 0.15) is 0 Å². The van der Waals surface area contributed by atoms with Crippen LogP contribution in [0.25, 0.3) is 32.3 Å². The van der Waals surface area contributed by atoms with Gasteiger partial charge in [-0.05, 0) is 70.1 Å². The number of para-hydroxylation sites is 2. The predicted molar refractivity (Wildman–Crippen MR) is 154 cm³/mol. The number of benzene rings is 7. The second-order valence-electron chi connectivity index (χ2n) is 9.38. The molecular formula is C34H22F2N2. The maximum Gasteiger partial charge on any atom is 0.150 e. The molecule has 0 atom stereocenters. The van der Waals surface area contributed by atoms with Crippen molar-refractivity contribution in [3.05, 3.63) is 139 Å². The van der Waals surface area contributed by atoms with E-state index in [1.165, 1.54) is 12.1 Å². The summed E-state index contributed by atoms with van der Waals surface area (Å²) in [6.45, 7) is 0. The van der Waals surface area contributed by atoms with E-state index in [4.69, 9.17) is 0 Å². The lowest BCUT2D eigenvalue weighted by atomic mass is 9.92. The Kier molecular flexibility index (Phi) is 5.19. The summed E-state index contributed by atoms with van der Waals surface area (Å²) in [5, 5.41) is 10.2. The van der Waals surface area contributed by atoms with Gasteiger partial charge in [-0.25, -0.2) is 8.78 Å². The van der Waals surface area contributed by atoms with Crippen molar-refractivity contribution in [3.63, 3.8) is 0 Å². The van der Waals surface area contributed by atoms with Crippen LogP contribution in [0.4, 0.5) is 37.2 Å². The third-order valence-corrected chi connectivity index (χ3v) is 7.10. The molecule has 0 saturated carbocycles. The Hall–Kier alpha value is -4.96. The van der Waals surface area contributed by atoms with Crippen LogP contribution in [0, 0.1) is 11.6 Å². The Labute approximate surface area is 218 Å². The first-order valence-electron chi connectivity index (χ1n) is 12.5. The smallest absolute Gasteiger partial charge is 0.150 e. The van der Waals surface area contributed by atoms with Crippen LogP contribution in [0.15, 0.2) is 127 Å². The molecule has 0 unspecified atom stereocenters. The van der Waals surface area contributed by atoms with E-state index < -0.39 is 11.6 Å². The Balaban J connectivity index is 1.50. The molecule has 0 spiro atoms. The highest BCUT2D eigenvalue weighted by molar-refractivity contribution is 6.27.